The highest BCUT2D eigenvalue weighted by Gasteiger charge is 2.33. The highest BCUT2D eigenvalue weighted by Crippen LogP contribution is 2.36. The number of nitriles is 1. The molecular weight excluding hydrogens is 440 g/mol. The van der Waals surface area contributed by atoms with Crippen molar-refractivity contribution in [2.45, 2.75) is 6.18 Å². The molecule has 152 valence electrons. The second kappa shape index (κ2) is 8.66. The van der Waals surface area contributed by atoms with Crippen LogP contribution in [0.25, 0.3) is 17.4 Å². The first-order chi connectivity index (χ1) is 14.2. The van der Waals surface area contributed by atoms with E-state index in [1.54, 1.807) is 30.3 Å². The average Bonchev–Trinajstić information content (AvgIpc) is 3.16. The van der Waals surface area contributed by atoms with Crippen LogP contribution in [0.15, 0.2) is 64.6 Å². The van der Waals surface area contributed by atoms with Crippen LogP contribution in [0.4, 0.5) is 18.9 Å². The van der Waals surface area contributed by atoms with E-state index in [0.29, 0.717) is 16.3 Å². The molecule has 0 aliphatic heterocycles. The Hall–Kier alpha value is -3.21. The predicted molar refractivity (Wildman–Crippen MR) is 108 cm³/mol. The number of para-hydroxylation sites is 1. The van der Waals surface area contributed by atoms with E-state index in [2.05, 4.69) is 5.32 Å². The number of alkyl halides is 3. The summed E-state index contributed by atoms with van der Waals surface area (Å²) in [5, 5.41) is 12.0. The molecule has 9 heteroatoms. The Morgan fingerprint density at radius 2 is 1.80 bits per heavy atom. The average molecular weight is 451 g/mol. The summed E-state index contributed by atoms with van der Waals surface area (Å²) >= 11 is 12.1. The van der Waals surface area contributed by atoms with Crippen molar-refractivity contribution in [3.05, 3.63) is 81.5 Å². The molecule has 0 saturated heterocycles. The van der Waals surface area contributed by atoms with Crippen LogP contribution in [0.5, 0.6) is 0 Å². The lowest BCUT2D eigenvalue weighted by atomic mass is 10.1. The standard InChI is InChI=1S/C21H11Cl2F3N2O2/c22-16-6-3-4-14(19(16)23)18-9-8-13(30-18)10-12(11-27)20(29)28-17-7-2-1-5-15(17)21(24,25)26/h1-10H,(H,28,29)/b12-10+. The Balaban J connectivity index is 1.87. The van der Waals surface area contributed by atoms with Gasteiger partial charge in [-0.2, -0.15) is 18.4 Å². The van der Waals surface area contributed by atoms with Gasteiger partial charge in [-0.15, -0.1) is 0 Å². The summed E-state index contributed by atoms with van der Waals surface area (Å²) in [6, 6.07) is 14.1. The van der Waals surface area contributed by atoms with E-state index in [9.17, 15) is 23.2 Å². The maximum atomic E-state index is 13.1. The molecule has 3 aromatic rings. The normalized spacial score (nSPS) is 11.8. The number of hydrogen-bond donors (Lipinski definition) is 1. The molecule has 0 fully saturated rings. The summed E-state index contributed by atoms with van der Waals surface area (Å²) in [6.45, 7) is 0. The van der Waals surface area contributed by atoms with E-state index in [4.69, 9.17) is 27.6 Å². The second-order valence-electron chi connectivity index (χ2n) is 5.97. The first kappa shape index (κ1) is 21.5. The summed E-state index contributed by atoms with van der Waals surface area (Å²) in [5.74, 6) is -0.529. The van der Waals surface area contributed by atoms with Crippen LogP contribution in [0.1, 0.15) is 11.3 Å². The highest BCUT2D eigenvalue weighted by molar-refractivity contribution is 6.43. The van der Waals surface area contributed by atoms with Crippen molar-refractivity contribution in [3.8, 4) is 17.4 Å². The maximum absolute atomic E-state index is 13.1. The lowest BCUT2D eigenvalue weighted by molar-refractivity contribution is -0.137. The monoisotopic (exact) mass is 450 g/mol. The zero-order valence-electron chi connectivity index (χ0n) is 14.9. The minimum atomic E-state index is -4.66. The number of carbonyl (C=O) groups excluding carboxylic acids is 1. The molecule has 0 atom stereocenters. The van der Waals surface area contributed by atoms with Crippen molar-refractivity contribution >= 4 is 40.9 Å². The van der Waals surface area contributed by atoms with E-state index in [0.717, 1.165) is 18.2 Å². The summed E-state index contributed by atoms with van der Waals surface area (Å²) in [5.41, 5.74) is -1.41. The smallest absolute Gasteiger partial charge is 0.418 e. The van der Waals surface area contributed by atoms with Gasteiger partial charge in [0.1, 0.15) is 23.2 Å². The number of hydrogen-bond acceptors (Lipinski definition) is 3. The Morgan fingerprint density at radius 1 is 1.07 bits per heavy atom. The molecule has 1 N–H and O–H groups in total. The summed E-state index contributed by atoms with van der Waals surface area (Å²) in [7, 11) is 0. The molecule has 0 saturated carbocycles. The molecule has 3 rings (SSSR count). The van der Waals surface area contributed by atoms with Crippen molar-refractivity contribution in [2.75, 3.05) is 5.32 Å². The number of halogens is 5. The van der Waals surface area contributed by atoms with Crippen LogP contribution in [0, 0.1) is 11.3 Å². The number of anilines is 1. The zero-order chi connectivity index (χ0) is 21.9. The minimum Gasteiger partial charge on any atom is -0.457 e. The number of nitrogens with one attached hydrogen (secondary N) is 1. The molecule has 0 spiro atoms. The van der Waals surface area contributed by atoms with Gasteiger partial charge in [0.2, 0.25) is 0 Å². The molecule has 1 heterocycles. The Bertz CT molecular complexity index is 1180. The summed E-state index contributed by atoms with van der Waals surface area (Å²) in [4.78, 5) is 12.4. The fourth-order valence-corrected chi connectivity index (χ4v) is 2.98. The molecule has 4 nitrogen and oxygen atoms in total. The lowest BCUT2D eigenvalue weighted by Crippen LogP contribution is -2.17. The van der Waals surface area contributed by atoms with Crippen molar-refractivity contribution < 1.29 is 22.4 Å². The molecule has 0 aliphatic rings. The van der Waals surface area contributed by atoms with Gasteiger partial charge in [0.15, 0.2) is 0 Å². The SMILES string of the molecule is N#C/C(=C\c1ccc(-c2cccc(Cl)c2Cl)o1)C(=O)Nc1ccccc1C(F)(F)F. The van der Waals surface area contributed by atoms with Gasteiger partial charge in [0, 0.05) is 11.6 Å². The number of amides is 1. The van der Waals surface area contributed by atoms with Gasteiger partial charge in [-0.25, -0.2) is 0 Å². The lowest BCUT2D eigenvalue weighted by Gasteiger charge is -2.13. The molecule has 0 radical (unpaired) electrons. The Morgan fingerprint density at radius 3 is 2.50 bits per heavy atom. The molecule has 1 amide bonds. The van der Waals surface area contributed by atoms with E-state index < -0.39 is 28.9 Å². The summed E-state index contributed by atoms with van der Waals surface area (Å²) in [6.07, 6.45) is -3.54. The van der Waals surface area contributed by atoms with Gasteiger partial charge in [0.25, 0.3) is 5.91 Å². The molecule has 1 aromatic heterocycles. The van der Waals surface area contributed by atoms with Gasteiger partial charge in [0.05, 0.1) is 21.3 Å². The molecule has 0 unspecified atom stereocenters. The van der Waals surface area contributed by atoms with Gasteiger partial charge >= 0.3 is 6.18 Å². The van der Waals surface area contributed by atoms with Crippen molar-refractivity contribution in [1.82, 2.24) is 0 Å². The van der Waals surface area contributed by atoms with Gasteiger partial charge in [-0.1, -0.05) is 41.4 Å². The maximum Gasteiger partial charge on any atom is 0.418 e. The summed E-state index contributed by atoms with van der Waals surface area (Å²) < 4.78 is 44.8. The van der Waals surface area contributed by atoms with Crippen LogP contribution in [0.2, 0.25) is 10.0 Å². The van der Waals surface area contributed by atoms with Gasteiger partial charge in [-0.3, -0.25) is 4.79 Å². The van der Waals surface area contributed by atoms with Crippen LogP contribution >= 0.6 is 23.2 Å². The second-order valence-corrected chi connectivity index (χ2v) is 6.76. The van der Waals surface area contributed by atoms with Crippen LogP contribution < -0.4 is 5.32 Å². The van der Waals surface area contributed by atoms with Crippen LogP contribution in [-0.2, 0) is 11.0 Å². The Labute approximate surface area is 179 Å². The fourth-order valence-electron chi connectivity index (χ4n) is 2.59. The molecular formula is C21H11Cl2F3N2O2. The number of carbonyl (C=O) groups is 1. The highest BCUT2D eigenvalue weighted by atomic mass is 35.5. The largest absolute Gasteiger partial charge is 0.457 e. The first-order valence-corrected chi connectivity index (χ1v) is 9.10. The van der Waals surface area contributed by atoms with Crippen molar-refractivity contribution in [1.29, 1.82) is 5.26 Å². The van der Waals surface area contributed by atoms with E-state index >= 15 is 0 Å². The molecule has 2 aromatic carbocycles. The number of nitrogens with zero attached hydrogens (tertiary/aromatic N) is 1. The van der Waals surface area contributed by atoms with Gasteiger partial charge < -0.3 is 9.73 Å². The van der Waals surface area contributed by atoms with E-state index in [-0.39, 0.29) is 10.8 Å². The molecule has 30 heavy (non-hydrogen) atoms. The quantitative estimate of drug-likeness (QED) is 0.350. The third-order valence-corrected chi connectivity index (χ3v) is 4.80. The topological polar surface area (TPSA) is 66.0 Å². The van der Waals surface area contributed by atoms with Crippen LogP contribution in [-0.4, -0.2) is 5.91 Å². The van der Waals surface area contributed by atoms with E-state index in [1.165, 1.54) is 18.2 Å². The molecule has 0 aliphatic carbocycles. The third-order valence-electron chi connectivity index (χ3n) is 3.98. The number of furan rings is 1. The van der Waals surface area contributed by atoms with Gasteiger partial charge in [-0.05, 0) is 36.4 Å². The van der Waals surface area contributed by atoms with Crippen molar-refractivity contribution in [2.24, 2.45) is 0 Å². The Kier molecular flexibility index (Phi) is 6.20. The minimum absolute atomic E-state index is 0.136. The number of rotatable bonds is 4. The number of benzene rings is 2. The predicted octanol–water partition coefficient (Wildman–Crippen LogP) is 6.82. The zero-order valence-corrected chi connectivity index (χ0v) is 16.4. The van der Waals surface area contributed by atoms with E-state index in [1.807, 2.05) is 0 Å². The van der Waals surface area contributed by atoms with Crippen molar-refractivity contribution in [3.63, 3.8) is 0 Å². The molecule has 0 bridgehead atoms. The third kappa shape index (κ3) is 4.67. The first-order valence-electron chi connectivity index (χ1n) is 8.34. The fraction of sp³-hybridized carbons (Fsp3) is 0.0476. The van der Waals surface area contributed by atoms with Crippen LogP contribution in [0.3, 0.4) is 0 Å².